The van der Waals surface area contributed by atoms with E-state index in [9.17, 15) is 4.79 Å². The third-order valence-electron chi connectivity index (χ3n) is 3.12. The summed E-state index contributed by atoms with van der Waals surface area (Å²) in [5, 5.41) is 12.6. The molecule has 7 heteroatoms. The molecule has 0 saturated carbocycles. The lowest BCUT2D eigenvalue weighted by atomic mass is 10.1. The molecule has 21 heavy (non-hydrogen) atoms. The highest BCUT2D eigenvalue weighted by Crippen LogP contribution is 2.16. The molecule has 0 aliphatic heterocycles. The van der Waals surface area contributed by atoms with Gasteiger partial charge in [-0.15, -0.1) is 0 Å². The van der Waals surface area contributed by atoms with Gasteiger partial charge in [-0.25, -0.2) is 9.48 Å². The molecule has 0 spiro atoms. The second-order valence-electron chi connectivity index (χ2n) is 4.69. The van der Waals surface area contributed by atoms with Crippen molar-refractivity contribution >= 4 is 17.7 Å². The number of nitrogens with zero attached hydrogens (tertiary/aromatic N) is 3. The predicted octanol–water partition coefficient (Wildman–Crippen LogP) is 2.13. The number of rotatable bonds is 5. The van der Waals surface area contributed by atoms with E-state index in [0.717, 1.165) is 12.2 Å². The van der Waals surface area contributed by atoms with Gasteiger partial charge < -0.3 is 10.6 Å². The first-order chi connectivity index (χ1) is 10.1. The standard InChI is InChI=1S/C14H20N6O/c1-4-15-10(2)11-5-7-12(8-6-11)18-14(21)19-13-16-9-17-20(13)3/h5-10,15H,4H2,1-3H3,(H2,16,17,18,19,21). The maximum atomic E-state index is 11.8. The van der Waals surface area contributed by atoms with Crippen LogP contribution < -0.4 is 16.0 Å². The smallest absolute Gasteiger partial charge is 0.310 e. The molecular formula is C14H20N6O. The Kier molecular flexibility index (Phi) is 4.89. The summed E-state index contributed by atoms with van der Waals surface area (Å²) in [6.07, 6.45) is 1.38. The van der Waals surface area contributed by atoms with Gasteiger partial charge in [-0.1, -0.05) is 19.1 Å². The predicted molar refractivity (Wildman–Crippen MR) is 82.2 cm³/mol. The van der Waals surface area contributed by atoms with Crippen molar-refractivity contribution < 1.29 is 4.79 Å². The van der Waals surface area contributed by atoms with E-state index in [4.69, 9.17) is 0 Å². The molecule has 2 aromatic rings. The maximum Gasteiger partial charge on any atom is 0.326 e. The van der Waals surface area contributed by atoms with Crippen molar-refractivity contribution in [1.29, 1.82) is 0 Å². The highest BCUT2D eigenvalue weighted by atomic mass is 16.2. The summed E-state index contributed by atoms with van der Waals surface area (Å²) in [6, 6.07) is 7.67. The van der Waals surface area contributed by atoms with Crippen LogP contribution in [0.4, 0.5) is 16.4 Å². The number of carbonyl (C=O) groups is 1. The van der Waals surface area contributed by atoms with Crippen LogP contribution in [-0.4, -0.2) is 27.3 Å². The van der Waals surface area contributed by atoms with Crippen molar-refractivity contribution in [2.75, 3.05) is 17.2 Å². The van der Waals surface area contributed by atoms with Crippen LogP contribution >= 0.6 is 0 Å². The second-order valence-corrected chi connectivity index (χ2v) is 4.69. The van der Waals surface area contributed by atoms with Gasteiger partial charge in [-0.05, 0) is 31.2 Å². The number of aryl methyl sites for hydroxylation is 1. The SMILES string of the molecule is CCNC(C)c1ccc(NC(=O)Nc2ncnn2C)cc1. The van der Waals surface area contributed by atoms with Gasteiger partial charge in [0.2, 0.25) is 5.95 Å². The van der Waals surface area contributed by atoms with Gasteiger partial charge >= 0.3 is 6.03 Å². The van der Waals surface area contributed by atoms with Crippen LogP contribution in [0.2, 0.25) is 0 Å². The average Bonchev–Trinajstić information content (AvgIpc) is 2.85. The Morgan fingerprint density at radius 1 is 1.29 bits per heavy atom. The van der Waals surface area contributed by atoms with E-state index in [1.165, 1.54) is 16.6 Å². The highest BCUT2D eigenvalue weighted by molar-refractivity contribution is 5.98. The molecule has 1 aromatic carbocycles. The Labute approximate surface area is 123 Å². The van der Waals surface area contributed by atoms with Crippen molar-refractivity contribution in [2.45, 2.75) is 19.9 Å². The van der Waals surface area contributed by atoms with Crippen molar-refractivity contribution in [3.05, 3.63) is 36.2 Å². The minimum atomic E-state index is -0.349. The molecular weight excluding hydrogens is 268 g/mol. The van der Waals surface area contributed by atoms with Crippen LogP contribution in [0.1, 0.15) is 25.5 Å². The van der Waals surface area contributed by atoms with Crippen LogP contribution in [0.5, 0.6) is 0 Å². The van der Waals surface area contributed by atoms with Crippen molar-refractivity contribution in [3.8, 4) is 0 Å². The molecule has 0 aliphatic carbocycles. The van der Waals surface area contributed by atoms with E-state index < -0.39 is 0 Å². The molecule has 0 saturated heterocycles. The molecule has 3 N–H and O–H groups in total. The first-order valence-electron chi connectivity index (χ1n) is 6.85. The van der Waals surface area contributed by atoms with Crippen molar-refractivity contribution in [2.24, 2.45) is 7.05 Å². The lowest BCUT2D eigenvalue weighted by molar-refractivity contribution is 0.262. The summed E-state index contributed by atoms with van der Waals surface area (Å²) in [5.74, 6) is 0.393. The second kappa shape index (κ2) is 6.85. The minimum absolute atomic E-state index is 0.288. The Balaban J connectivity index is 1.94. The molecule has 1 aromatic heterocycles. The Hall–Kier alpha value is -2.41. The first kappa shape index (κ1) is 15.0. The summed E-state index contributed by atoms with van der Waals surface area (Å²) >= 11 is 0. The van der Waals surface area contributed by atoms with E-state index in [2.05, 4.69) is 39.9 Å². The summed E-state index contributed by atoms with van der Waals surface area (Å²) in [7, 11) is 1.71. The Bertz CT molecular complexity index is 592. The molecule has 0 radical (unpaired) electrons. The van der Waals surface area contributed by atoms with Gasteiger partial charge in [0.1, 0.15) is 6.33 Å². The molecule has 0 fully saturated rings. The van der Waals surface area contributed by atoms with E-state index in [1.807, 2.05) is 24.3 Å². The third kappa shape index (κ3) is 4.03. The molecule has 2 amide bonds. The van der Waals surface area contributed by atoms with Crippen LogP contribution in [0, 0.1) is 0 Å². The number of urea groups is 1. The minimum Gasteiger partial charge on any atom is -0.310 e. The zero-order chi connectivity index (χ0) is 15.2. The van der Waals surface area contributed by atoms with Crippen molar-refractivity contribution in [1.82, 2.24) is 20.1 Å². The number of carbonyl (C=O) groups excluding carboxylic acids is 1. The number of aromatic nitrogens is 3. The number of benzene rings is 1. The number of anilines is 2. The number of hydrogen-bond donors (Lipinski definition) is 3. The van der Waals surface area contributed by atoms with Crippen LogP contribution in [0.15, 0.2) is 30.6 Å². The van der Waals surface area contributed by atoms with Gasteiger partial charge in [0, 0.05) is 18.8 Å². The summed E-state index contributed by atoms with van der Waals surface area (Å²) in [6.45, 7) is 5.09. The fourth-order valence-corrected chi connectivity index (χ4v) is 1.95. The fourth-order valence-electron chi connectivity index (χ4n) is 1.95. The number of amides is 2. The monoisotopic (exact) mass is 288 g/mol. The van der Waals surface area contributed by atoms with Gasteiger partial charge in [-0.2, -0.15) is 10.1 Å². The Morgan fingerprint density at radius 3 is 2.57 bits per heavy atom. The summed E-state index contributed by atoms with van der Waals surface area (Å²) < 4.78 is 1.49. The zero-order valence-corrected chi connectivity index (χ0v) is 12.4. The van der Waals surface area contributed by atoms with E-state index in [0.29, 0.717) is 5.95 Å². The van der Waals surface area contributed by atoms with Gasteiger partial charge in [0.15, 0.2) is 0 Å². The molecule has 1 atom stereocenters. The van der Waals surface area contributed by atoms with E-state index in [-0.39, 0.29) is 12.1 Å². The molecule has 0 bridgehead atoms. The normalized spacial score (nSPS) is 12.0. The molecule has 2 rings (SSSR count). The molecule has 7 nitrogen and oxygen atoms in total. The number of hydrogen-bond acceptors (Lipinski definition) is 4. The quantitative estimate of drug-likeness (QED) is 0.787. The first-order valence-corrected chi connectivity index (χ1v) is 6.85. The van der Waals surface area contributed by atoms with Crippen LogP contribution in [-0.2, 0) is 7.05 Å². The summed E-state index contributed by atoms with van der Waals surface area (Å²) in [5.41, 5.74) is 1.90. The van der Waals surface area contributed by atoms with Gasteiger partial charge in [-0.3, -0.25) is 5.32 Å². The van der Waals surface area contributed by atoms with Gasteiger partial charge in [0.25, 0.3) is 0 Å². The lowest BCUT2D eigenvalue weighted by Gasteiger charge is -2.13. The molecule has 0 aliphatic rings. The van der Waals surface area contributed by atoms with Crippen molar-refractivity contribution in [3.63, 3.8) is 0 Å². The molecule has 1 heterocycles. The topological polar surface area (TPSA) is 83.9 Å². The van der Waals surface area contributed by atoms with Gasteiger partial charge in [0.05, 0.1) is 0 Å². The zero-order valence-electron chi connectivity index (χ0n) is 12.4. The number of nitrogens with one attached hydrogen (secondary N) is 3. The average molecular weight is 288 g/mol. The highest BCUT2D eigenvalue weighted by Gasteiger charge is 2.07. The summed E-state index contributed by atoms with van der Waals surface area (Å²) in [4.78, 5) is 15.8. The lowest BCUT2D eigenvalue weighted by Crippen LogP contribution is -2.22. The van der Waals surface area contributed by atoms with Crippen LogP contribution in [0.3, 0.4) is 0 Å². The third-order valence-corrected chi connectivity index (χ3v) is 3.12. The molecule has 112 valence electrons. The Morgan fingerprint density at radius 2 is 2.00 bits per heavy atom. The van der Waals surface area contributed by atoms with E-state index >= 15 is 0 Å². The largest absolute Gasteiger partial charge is 0.326 e. The van der Waals surface area contributed by atoms with Crippen LogP contribution in [0.25, 0.3) is 0 Å². The molecule has 1 unspecified atom stereocenters. The van der Waals surface area contributed by atoms with E-state index in [1.54, 1.807) is 7.05 Å². The fraction of sp³-hybridized carbons (Fsp3) is 0.357. The maximum absolute atomic E-state index is 11.8.